The van der Waals surface area contributed by atoms with Crippen molar-refractivity contribution in [2.24, 2.45) is 0 Å². The molecule has 1 heterocycles. The molecule has 4 N–H and O–H groups in total. The second-order valence-corrected chi connectivity index (χ2v) is 16.2. The van der Waals surface area contributed by atoms with Gasteiger partial charge in [0.1, 0.15) is 6.54 Å². The molecular weight excluding hydrogens is 785 g/mol. The molecule has 14 heteroatoms. The summed E-state index contributed by atoms with van der Waals surface area (Å²) in [6.45, 7) is 6.19. The number of hydrogen-bond acceptors (Lipinski definition) is 10. The number of carbonyl (C=O) groups excluding carboxylic acids is 4. The Morgan fingerprint density at radius 2 is 1.20 bits per heavy atom. The molecule has 0 atom stereocenters. The van der Waals surface area contributed by atoms with Crippen LogP contribution in [0.1, 0.15) is 42.4 Å². The van der Waals surface area contributed by atoms with Gasteiger partial charge >= 0.3 is 0 Å². The van der Waals surface area contributed by atoms with Crippen molar-refractivity contribution >= 4 is 74.9 Å². The lowest BCUT2D eigenvalue weighted by Crippen LogP contribution is -2.78. The number of nitrogens with zero attached hydrogens (tertiary/aromatic N) is 3. The first-order chi connectivity index (χ1) is 28.5. The van der Waals surface area contributed by atoms with E-state index >= 15 is 0 Å². The van der Waals surface area contributed by atoms with Crippen molar-refractivity contribution in [2.75, 3.05) is 68.1 Å². The van der Waals surface area contributed by atoms with Crippen molar-refractivity contribution in [3.8, 4) is 0 Å². The molecule has 2 amide bonds. The quantitative estimate of drug-likeness (QED) is 0.0429. The van der Waals surface area contributed by atoms with Gasteiger partial charge in [-0.25, -0.2) is 4.57 Å². The number of aliphatic carboxylic acids is 2. The van der Waals surface area contributed by atoms with Gasteiger partial charge in [-0.2, -0.15) is 0 Å². The number of likely N-dealkylation sites (N-methyl/N-ethyl adjacent to an activating group) is 2. The van der Waals surface area contributed by atoms with Crippen LogP contribution in [-0.2, 0) is 25.7 Å². The molecule has 314 valence electrons. The zero-order chi connectivity index (χ0) is 42.7. The molecule has 0 unspecified atom stereocenters. The number of nitrogens with one attached hydrogen (secondary N) is 2. The molecule has 0 radical (unpaired) electrons. The van der Waals surface area contributed by atoms with Crippen molar-refractivity contribution in [1.82, 2.24) is 10.6 Å². The highest BCUT2D eigenvalue weighted by molar-refractivity contribution is 8.76. The number of quaternary nitrogens is 1. The minimum Gasteiger partial charge on any atom is -0.548 e. The summed E-state index contributed by atoms with van der Waals surface area (Å²) in [5.41, 5.74) is 5.61. The molecule has 0 aliphatic carbocycles. The van der Waals surface area contributed by atoms with Gasteiger partial charge in [0, 0.05) is 87.9 Å². The number of aryl methyl sites for hydroxylation is 1. The van der Waals surface area contributed by atoms with Crippen LogP contribution in [0.15, 0.2) is 116 Å². The van der Waals surface area contributed by atoms with Crippen LogP contribution in [0.2, 0.25) is 0 Å². The van der Waals surface area contributed by atoms with Crippen LogP contribution in [0.5, 0.6) is 0 Å². The normalized spacial score (nSPS) is 11.6. The number of aromatic nitrogens is 1. The molecule has 0 spiro atoms. The highest BCUT2D eigenvalue weighted by Crippen LogP contribution is 2.19. The summed E-state index contributed by atoms with van der Waals surface area (Å²) in [6, 6.07) is 19.3. The number of allylic oxidation sites excluding steroid dienone is 5. The predicted molar refractivity (Wildman–Crippen MR) is 238 cm³/mol. The van der Waals surface area contributed by atoms with E-state index in [1.165, 1.54) is 0 Å². The Bertz CT molecular complexity index is 1900. The average molecular weight is 841 g/mol. The van der Waals surface area contributed by atoms with E-state index in [0.29, 0.717) is 25.9 Å². The lowest BCUT2D eigenvalue weighted by atomic mass is 10.1. The molecule has 12 nitrogen and oxygen atoms in total. The van der Waals surface area contributed by atoms with E-state index in [1.54, 1.807) is 51.6 Å². The molecule has 59 heavy (non-hydrogen) atoms. The van der Waals surface area contributed by atoms with Crippen molar-refractivity contribution in [2.45, 2.75) is 32.2 Å². The van der Waals surface area contributed by atoms with E-state index in [1.807, 2.05) is 121 Å². The van der Waals surface area contributed by atoms with Crippen molar-refractivity contribution in [3.05, 3.63) is 132 Å². The maximum Gasteiger partial charge on any atom is 0.220 e. The first kappa shape index (κ1) is 47.8. The SMILES string of the molecule is C=C/C=C(\C=C/[NH2+]CCCC(=O)NCCSSCCNC(=O)CCC[n+]1ccc(/C=C/c2ccc(N(C)CC(=O)[O-])cc2)cc1)/C=C/c1ccc(N(C)CC(=O)[O-])cc1. The molecule has 0 saturated carbocycles. The van der Waals surface area contributed by atoms with Gasteiger partial charge in [-0.15, -0.1) is 0 Å². The van der Waals surface area contributed by atoms with E-state index in [9.17, 15) is 29.4 Å². The van der Waals surface area contributed by atoms with Crippen LogP contribution >= 0.6 is 21.6 Å². The van der Waals surface area contributed by atoms with Crippen molar-refractivity contribution in [3.63, 3.8) is 0 Å². The number of carboxylic acid groups (broad SMARTS) is 2. The molecule has 3 aromatic rings. The average Bonchev–Trinajstić information content (AvgIpc) is 3.21. The van der Waals surface area contributed by atoms with E-state index in [0.717, 1.165) is 71.1 Å². The summed E-state index contributed by atoms with van der Waals surface area (Å²) in [6.07, 6.45) is 22.0. The Morgan fingerprint density at radius 3 is 1.71 bits per heavy atom. The first-order valence-corrected chi connectivity index (χ1v) is 22.0. The van der Waals surface area contributed by atoms with Gasteiger partial charge in [0.15, 0.2) is 12.4 Å². The predicted octanol–water partition coefficient (Wildman–Crippen LogP) is 2.59. The van der Waals surface area contributed by atoms with Gasteiger partial charge in [-0.05, 0) is 52.6 Å². The lowest BCUT2D eigenvalue weighted by Gasteiger charge is -2.19. The number of carbonyl (C=O) groups is 4. The zero-order valence-corrected chi connectivity index (χ0v) is 35.6. The zero-order valence-electron chi connectivity index (χ0n) is 33.9. The summed E-state index contributed by atoms with van der Waals surface area (Å²) in [5.74, 6) is -0.574. The largest absolute Gasteiger partial charge is 0.548 e. The summed E-state index contributed by atoms with van der Waals surface area (Å²) in [4.78, 5) is 49.4. The van der Waals surface area contributed by atoms with E-state index in [4.69, 9.17) is 0 Å². The fourth-order valence-electron chi connectivity index (χ4n) is 5.50. The highest BCUT2D eigenvalue weighted by Gasteiger charge is 2.06. The third-order valence-corrected chi connectivity index (χ3v) is 11.1. The fraction of sp³-hybridized carbons (Fsp3) is 0.311. The number of hydrogen-bond donors (Lipinski definition) is 3. The third kappa shape index (κ3) is 21.1. The third-order valence-electron chi connectivity index (χ3n) is 8.68. The number of benzene rings is 2. The Labute approximate surface area is 356 Å². The van der Waals surface area contributed by atoms with E-state index in [-0.39, 0.29) is 24.9 Å². The van der Waals surface area contributed by atoms with Crippen LogP contribution in [0.3, 0.4) is 0 Å². The molecule has 0 aliphatic rings. The smallest absolute Gasteiger partial charge is 0.220 e. The standard InChI is InChI=1S/C45H56N6O6S2/c1-4-7-36(10-11-37-14-18-40(19-15-37)49(2)34-44(54)55)22-26-46-25-5-8-42(52)47-27-32-58-59-33-28-48-43(53)9-6-29-51-30-23-39(24-31-51)13-12-38-16-20-41(21-17-38)50(3)35-45(56)57/h4,7,10-24,26,30-31,46H,1,5-6,8-9,25,27-29,32-35H2,2-3H3,(H3-,47,48,52,53,54,55,56,57)/b11-10+,26-22-,36-7-. The van der Waals surface area contributed by atoms with E-state index in [2.05, 4.69) is 21.8 Å². The fourth-order valence-corrected chi connectivity index (χ4v) is 7.32. The van der Waals surface area contributed by atoms with Gasteiger partial charge in [0.05, 0.1) is 37.8 Å². The number of rotatable bonds is 28. The lowest BCUT2D eigenvalue weighted by molar-refractivity contribution is -0.697. The van der Waals surface area contributed by atoms with Crippen LogP contribution in [-0.4, -0.2) is 82.1 Å². The topological polar surface area (TPSA) is 165 Å². The molecule has 0 aliphatic heterocycles. The number of anilines is 2. The molecule has 3 rings (SSSR count). The summed E-state index contributed by atoms with van der Waals surface area (Å²) >= 11 is 0. The molecule has 0 saturated heterocycles. The monoisotopic (exact) mass is 840 g/mol. The maximum absolute atomic E-state index is 12.3. The second-order valence-electron chi connectivity index (χ2n) is 13.5. The maximum atomic E-state index is 12.3. The minimum atomic E-state index is -1.12. The molecular formula is C45H56N6O6S2. The summed E-state index contributed by atoms with van der Waals surface area (Å²) in [5, 5.41) is 29.6. The molecule has 2 aromatic carbocycles. The molecule has 0 fully saturated rings. The Morgan fingerprint density at radius 1 is 0.712 bits per heavy atom. The number of nitrogens with two attached hydrogens (primary N) is 1. The number of amides is 2. The first-order valence-electron chi connectivity index (χ1n) is 19.5. The van der Waals surface area contributed by atoms with Gasteiger partial charge in [0.25, 0.3) is 0 Å². The second kappa shape index (κ2) is 28.0. The van der Waals surface area contributed by atoms with Crippen LogP contribution in [0.4, 0.5) is 11.4 Å². The number of carboxylic acids is 2. The van der Waals surface area contributed by atoms with Gasteiger partial charge in [0.2, 0.25) is 11.8 Å². The number of pyridine rings is 1. The van der Waals surface area contributed by atoms with Crippen molar-refractivity contribution in [1.29, 1.82) is 0 Å². The molecule has 1 aromatic heterocycles. The minimum absolute atomic E-state index is 0.0418. The Hall–Kier alpha value is -5.57. The summed E-state index contributed by atoms with van der Waals surface area (Å²) in [7, 11) is 6.78. The van der Waals surface area contributed by atoms with Gasteiger partial charge in [-0.3, -0.25) is 9.59 Å². The van der Waals surface area contributed by atoms with E-state index < -0.39 is 11.9 Å². The molecule has 0 bridgehead atoms. The van der Waals surface area contributed by atoms with Crippen LogP contribution in [0, 0.1) is 0 Å². The Kier molecular flexibility index (Phi) is 22.7. The van der Waals surface area contributed by atoms with Gasteiger partial charge in [-0.1, -0.05) is 88.9 Å². The van der Waals surface area contributed by atoms with Gasteiger partial charge < -0.3 is 45.6 Å². The Balaban J connectivity index is 1.17. The summed E-state index contributed by atoms with van der Waals surface area (Å²) < 4.78 is 2.06. The highest BCUT2D eigenvalue weighted by atomic mass is 33.1. The van der Waals surface area contributed by atoms with Crippen LogP contribution < -0.4 is 40.5 Å². The van der Waals surface area contributed by atoms with Crippen molar-refractivity contribution < 1.29 is 39.3 Å². The van der Waals surface area contributed by atoms with Crippen LogP contribution in [0.25, 0.3) is 18.2 Å².